The molecule has 0 spiro atoms. The summed E-state index contributed by atoms with van der Waals surface area (Å²) in [6.45, 7) is 4.75. The molecule has 6 unspecified atom stereocenters. The Hall–Kier alpha value is -0.630. The molecule has 0 heterocycles. The van der Waals surface area contributed by atoms with Gasteiger partial charge in [0, 0.05) is 11.3 Å². The van der Waals surface area contributed by atoms with E-state index < -0.39 is 0 Å². The molecule has 0 saturated heterocycles. The van der Waals surface area contributed by atoms with Gasteiger partial charge in [-0.1, -0.05) is 25.5 Å². The number of hydrogen-bond acceptors (Lipinski definition) is 2. The number of Topliss-reactive ketones (excluding diaryl/α,β-unsaturated/α-hetero) is 1. The van der Waals surface area contributed by atoms with Crippen molar-refractivity contribution < 1.29 is 9.90 Å². The van der Waals surface area contributed by atoms with Gasteiger partial charge in [0.05, 0.1) is 6.10 Å². The fourth-order valence-electron chi connectivity index (χ4n) is 7.31. The molecule has 5 aliphatic carbocycles. The number of carbonyl (C=O) groups is 1. The third-order valence-electron chi connectivity index (χ3n) is 8.53. The van der Waals surface area contributed by atoms with E-state index in [2.05, 4.69) is 19.9 Å². The Kier molecular flexibility index (Phi) is 2.54. The van der Waals surface area contributed by atoms with Crippen molar-refractivity contribution in [3.8, 4) is 0 Å². The second kappa shape index (κ2) is 4.06. The molecule has 0 aromatic carbocycles. The van der Waals surface area contributed by atoms with Crippen molar-refractivity contribution in [2.45, 2.75) is 64.9 Å². The molecule has 8 atom stereocenters. The molecule has 0 bridgehead atoms. The van der Waals surface area contributed by atoms with Crippen molar-refractivity contribution >= 4 is 5.78 Å². The molecule has 4 saturated carbocycles. The average molecular weight is 300 g/mol. The highest BCUT2D eigenvalue weighted by atomic mass is 16.3. The maximum absolute atomic E-state index is 12.7. The second-order valence-electron chi connectivity index (χ2n) is 9.40. The Morgan fingerprint density at radius 1 is 1.14 bits per heavy atom. The summed E-state index contributed by atoms with van der Waals surface area (Å²) in [5, 5.41) is 10.0. The lowest BCUT2D eigenvalue weighted by Crippen LogP contribution is -2.51. The van der Waals surface area contributed by atoms with Crippen molar-refractivity contribution in [1.82, 2.24) is 0 Å². The summed E-state index contributed by atoms with van der Waals surface area (Å²) < 4.78 is 0. The van der Waals surface area contributed by atoms with Crippen LogP contribution in [0.2, 0.25) is 0 Å². The van der Waals surface area contributed by atoms with Gasteiger partial charge < -0.3 is 5.11 Å². The zero-order chi connectivity index (χ0) is 15.3. The van der Waals surface area contributed by atoms with Gasteiger partial charge in [-0.2, -0.15) is 0 Å². The van der Waals surface area contributed by atoms with Gasteiger partial charge in [0.2, 0.25) is 0 Å². The SMILES string of the molecule is C[C@]12CCC(O)CC1=CCC1C2CC[C@]2(C)C(=O)C3CC3C12. The number of carbonyl (C=O) groups excluding carboxylic acids is 1. The molecule has 22 heavy (non-hydrogen) atoms. The highest BCUT2D eigenvalue weighted by Gasteiger charge is 2.70. The molecule has 4 fully saturated rings. The maximum Gasteiger partial charge on any atom is 0.142 e. The number of rotatable bonds is 0. The predicted octanol–water partition coefficient (Wildman–Crippen LogP) is 3.74. The van der Waals surface area contributed by atoms with Gasteiger partial charge >= 0.3 is 0 Å². The van der Waals surface area contributed by atoms with Crippen LogP contribution >= 0.6 is 0 Å². The van der Waals surface area contributed by atoms with Crippen LogP contribution in [0.3, 0.4) is 0 Å². The first kappa shape index (κ1) is 13.8. The normalized spacial score (nSPS) is 59.0. The lowest BCUT2D eigenvalue weighted by molar-refractivity contribution is -0.135. The van der Waals surface area contributed by atoms with Crippen molar-refractivity contribution in [2.75, 3.05) is 0 Å². The highest BCUT2D eigenvalue weighted by Crippen LogP contribution is 2.71. The van der Waals surface area contributed by atoms with Gasteiger partial charge in [-0.25, -0.2) is 0 Å². The molecular formula is C20H28O2. The summed E-state index contributed by atoms with van der Waals surface area (Å²) in [7, 11) is 0. The van der Waals surface area contributed by atoms with E-state index in [1.54, 1.807) is 0 Å². The smallest absolute Gasteiger partial charge is 0.142 e. The van der Waals surface area contributed by atoms with E-state index in [0.717, 1.165) is 43.4 Å². The van der Waals surface area contributed by atoms with E-state index >= 15 is 0 Å². The van der Waals surface area contributed by atoms with E-state index in [0.29, 0.717) is 23.0 Å². The fourth-order valence-corrected chi connectivity index (χ4v) is 7.31. The average Bonchev–Trinajstić information content (AvgIpc) is 3.22. The molecule has 1 N–H and O–H groups in total. The van der Waals surface area contributed by atoms with Crippen molar-refractivity contribution in [2.24, 2.45) is 40.4 Å². The summed E-state index contributed by atoms with van der Waals surface area (Å²) in [5.74, 6) is 3.90. The predicted molar refractivity (Wildman–Crippen MR) is 85.1 cm³/mol. The van der Waals surface area contributed by atoms with Crippen LogP contribution in [-0.2, 0) is 4.79 Å². The Balaban J connectivity index is 1.54. The minimum absolute atomic E-state index is 0.00460. The van der Waals surface area contributed by atoms with Crippen LogP contribution < -0.4 is 0 Å². The highest BCUT2D eigenvalue weighted by molar-refractivity contribution is 5.92. The van der Waals surface area contributed by atoms with Crippen LogP contribution in [0.5, 0.6) is 0 Å². The Morgan fingerprint density at radius 2 is 1.91 bits per heavy atom. The van der Waals surface area contributed by atoms with Gasteiger partial charge in [-0.05, 0) is 74.0 Å². The summed E-state index contributed by atoms with van der Waals surface area (Å²) in [6, 6.07) is 0. The third kappa shape index (κ3) is 1.48. The van der Waals surface area contributed by atoms with Crippen LogP contribution in [0.25, 0.3) is 0 Å². The van der Waals surface area contributed by atoms with Gasteiger partial charge in [0.25, 0.3) is 0 Å². The Morgan fingerprint density at radius 3 is 2.73 bits per heavy atom. The molecule has 0 aliphatic heterocycles. The van der Waals surface area contributed by atoms with Crippen LogP contribution in [0.4, 0.5) is 0 Å². The molecule has 2 nitrogen and oxygen atoms in total. The number of allylic oxidation sites excluding steroid dienone is 1. The van der Waals surface area contributed by atoms with E-state index in [-0.39, 0.29) is 11.5 Å². The molecule has 5 rings (SSSR count). The van der Waals surface area contributed by atoms with Gasteiger partial charge in [-0.3, -0.25) is 4.79 Å². The molecular weight excluding hydrogens is 272 g/mol. The molecule has 0 aromatic rings. The molecule has 120 valence electrons. The standard InChI is InChI=1S/C20H28O2/c1-19-7-5-12(21)9-11(19)3-4-13-16(19)6-8-20(2)17(13)14-10-15(14)18(20)22/h3,12-17,21H,4-10H2,1-2H3/t12?,13?,14?,15?,16?,17?,19-,20-/m0/s1. The molecule has 0 amide bonds. The largest absolute Gasteiger partial charge is 0.393 e. The topological polar surface area (TPSA) is 37.3 Å². The summed E-state index contributed by atoms with van der Waals surface area (Å²) in [4.78, 5) is 12.7. The van der Waals surface area contributed by atoms with E-state index in [4.69, 9.17) is 0 Å². The lowest BCUT2D eigenvalue weighted by atomic mass is 9.47. The van der Waals surface area contributed by atoms with E-state index in [1.165, 1.54) is 24.8 Å². The second-order valence-corrected chi connectivity index (χ2v) is 9.40. The van der Waals surface area contributed by atoms with Gasteiger partial charge in [0.15, 0.2) is 0 Å². The Bertz CT molecular complexity index is 578. The minimum Gasteiger partial charge on any atom is -0.393 e. The molecule has 5 aliphatic rings. The number of aliphatic hydroxyl groups is 1. The number of aliphatic hydroxyl groups excluding tert-OH is 1. The summed E-state index contributed by atoms with van der Waals surface area (Å²) in [5.41, 5.74) is 1.84. The lowest BCUT2D eigenvalue weighted by Gasteiger charge is -2.57. The fraction of sp³-hybridized carbons (Fsp3) is 0.850. The van der Waals surface area contributed by atoms with Crippen molar-refractivity contribution in [3.63, 3.8) is 0 Å². The van der Waals surface area contributed by atoms with Crippen molar-refractivity contribution in [1.29, 1.82) is 0 Å². The number of fused-ring (bicyclic) bond motifs is 7. The van der Waals surface area contributed by atoms with Gasteiger partial charge in [-0.15, -0.1) is 0 Å². The molecule has 0 aromatic heterocycles. The first-order valence-electron chi connectivity index (χ1n) is 9.37. The van der Waals surface area contributed by atoms with Crippen LogP contribution in [0.15, 0.2) is 11.6 Å². The quantitative estimate of drug-likeness (QED) is 0.692. The van der Waals surface area contributed by atoms with Crippen LogP contribution in [-0.4, -0.2) is 17.0 Å². The van der Waals surface area contributed by atoms with E-state index in [9.17, 15) is 9.90 Å². The van der Waals surface area contributed by atoms with Crippen molar-refractivity contribution in [3.05, 3.63) is 11.6 Å². The van der Waals surface area contributed by atoms with E-state index in [1.807, 2.05) is 0 Å². The molecule has 0 radical (unpaired) electrons. The zero-order valence-corrected chi connectivity index (χ0v) is 13.8. The number of hydrogen-bond donors (Lipinski definition) is 1. The number of ketones is 1. The van der Waals surface area contributed by atoms with Crippen LogP contribution in [0.1, 0.15) is 58.8 Å². The maximum atomic E-state index is 12.7. The van der Waals surface area contributed by atoms with Crippen LogP contribution in [0, 0.1) is 40.4 Å². The summed E-state index contributed by atoms with van der Waals surface area (Å²) in [6.07, 6.45) is 10.1. The summed E-state index contributed by atoms with van der Waals surface area (Å²) >= 11 is 0. The first-order chi connectivity index (χ1) is 10.4. The first-order valence-corrected chi connectivity index (χ1v) is 9.37. The Labute approximate surface area is 133 Å². The molecule has 2 heteroatoms. The minimum atomic E-state index is -0.120. The van der Waals surface area contributed by atoms with Gasteiger partial charge in [0.1, 0.15) is 5.78 Å². The monoisotopic (exact) mass is 300 g/mol. The third-order valence-corrected chi connectivity index (χ3v) is 8.53. The zero-order valence-electron chi connectivity index (χ0n) is 13.8.